The maximum atomic E-state index is 11.6. The molecule has 0 unspecified atom stereocenters. The number of carbonyl (C=O) groups excluding carboxylic acids is 1. The molecule has 0 bridgehead atoms. The van der Waals surface area contributed by atoms with Crippen molar-refractivity contribution >= 4 is 5.78 Å². The summed E-state index contributed by atoms with van der Waals surface area (Å²) in [4.78, 5) is 11.6. The Morgan fingerprint density at radius 3 is 2.07 bits per heavy atom. The van der Waals surface area contributed by atoms with E-state index in [0.29, 0.717) is 12.3 Å². The minimum absolute atomic E-state index is 0.0455. The molecule has 0 fully saturated rings. The van der Waals surface area contributed by atoms with Crippen LogP contribution in [0.5, 0.6) is 0 Å². The van der Waals surface area contributed by atoms with Gasteiger partial charge in [0.15, 0.2) is 0 Å². The summed E-state index contributed by atoms with van der Waals surface area (Å²) in [5, 5.41) is 0. The summed E-state index contributed by atoms with van der Waals surface area (Å²) in [6.45, 7) is 10.2. The van der Waals surface area contributed by atoms with Crippen LogP contribution in [0.15, 0.2) is 0 Å². The Labute approximate surface area is 88.3 Å². The van der Waals surface area contributed by atoms with Crippen molar-refractivity contribution in [1.29, 1.82) is 0 Å². The zero-order chi connectivity index (χ0) is 11.4. The second kappa shape index (κ2) is 5.50. The van der Waals surface area contributed by atoms with Crippen LogP contribution >= 0.6 is 0 Å². The molecule has 0 aliphatic rings. The number of rotatable bonds is 5. The van der Waals surface area contributed by atoms with E-state index in [0.717, 1.165) is 12.8 Å². The molecule has 2 heteroatoms. The maximum Gasteiger partial charge on any atom is 0.139 e. The first kappa shape index (κ1) is 13.6. The third-order valence-corrected chi connectivity index (χ3v) is 2.40. The minimum Gasteiger partial charge on any atom is -0.327 e. The van der Waals surface area contributed by atoms with Crippen LogP contribution < -0.4 is 5.73 Å². The Hall–Kier alpha value is -0.370. The fourth-order valence-corrected chi connectivity index (χ4v) is 1.19. The standard InChI is InChI=1S/C12H25NO/c1-9(2)6-7-10(13)8-11(14)12(3,4)5/h9-10H,6-8,13H2,1-5H3/t10-/m0/s1. The van der Waals surface area contributed by atoms with Crippen molar-refractivity contribution in [3.8, 4) is 0 Å². The lowest BCUT2D eigenvalue weighted by molar-refractivity contribution is -0.126. The van der Waals surface area contributed by atoms with Gasteiger partial charge in [-0.1, -0.05) is 34.6 Å². The van der Waals surface area contributed by atoms with Crippen molar-refractivity contribution in [2.45, 2.75) is 59.9 Å². The number of Topliss-reactive ketones (excluding diaryl/α,β-unsaturated/α-hetero) is 1. The topological polar surface area (TPSA) is 43.1 Å². The number of carbonyl (C=O) groups is 1. The van der Waals surface area contributed by atoms with Crippen LogP contribution in [-0.2, 0) is 4.79 Å². The van der Waals surface area contributed by atoms with E-state index in [1.165, 1.54) is 0 Å². The van der Waals surface area contributed by atoms with Crippen molar-refractivity contribution in [3.05, 3.63) is 0 Å². The SMILES string of the molecule is CC(C)CC[C@H](N)CC(=O)C(C)(C)C. The molecule has 2 N–H and O–H groups in total. The second-order valence-corrected chi connectivity index (χ2v) is 5.61. The molecule has 0 radical (unpaired) electrons. The monoisotopic (exact) mass is 199 g/mol. The van der Waals surface area contributed by atoms with Gasteiger partial charge in [-0.05, 0) is 18.8 Å². The fraction of sp³-hybridized carbons (Fsp3) is 0.917. The molecule has 2 nitrogen and oxygen atoms in total. The molecule has 0 amide bonds. The Bertz CT molecular complexity index is 179. The molecule has 0 aliphatic heterocycles. The number of hydrogen-bond donors (Lipinski definition) is 1. The zero-order valence-corrected chi connectivity index (χ0v) is 10.3. The van der Waals surface area contributed by atoms with Gasteiger partial charge in [0.05, 0.1) is 0 Å². The van der Waals surface area contributed by atoms with E-state index in [4.69, 9.17) is 5.73 Å². The Balaban J connectivity index is 3.83. The quantitative estimate of drug-likeness (QED) is 0.740. The molecular formula is C12H25NO. The van der Waals surface area contributed by atoms with Crippen LogP contribution in [0.2, 0.25) is 0 Å². The molecule has 0 aromatic carbocycles. The first-order chi connectivity index (χ1) is 6.23. The molecule has 0 saturated heterocycles. The lowest BCUT2D eigenvalue weighted by atomic mass is 9.86. The van der Waals surface area contributed by atoms with E-state index >= 15 is 0 Å². The molecule has 0 saturated carbocycles. The third kappa shape index (κ3) is 6.14. The smallest absolute Gasteiger partial charge is 0.139 e. The zero-order valence-electron chi connectivity index (χ0n) is 10.3. The molecule has 0 spiro atoms. The summed E-state index contributed by atoms with van der Waals surface area (Å²) in [6.07, 6.45) is 2.59. The Morgan fingerprint density at radius 2 is 1.71 bits per heavy atom. The minimum atomic E-state index is -0.241. The predicted molar refractivity (Wildman–Crippen MR) is 61.1 cm³/mol. The molecular weight excluding hydrogens is 174 g/mol. The van der Waals surface area contributed by atoms with E-state index in [2.05, 4.69) is 13.8 Å². The van der Waals surface area contributed by atoms with Gasteiger partial charge in [-0.25, -0.2) is 0 Å². The van der Waals surface area contributed by atoms with Gasteiger partial charge >= 0.3 is 0 Å². The van der Waals surface area contributed by atoms with Gasteiger partial charge in [-0.15, -0.1) is 0 Å². The summed E-state index contributed by atoms with van der Waals surface area (Å²) in [6, 6.07) is 0.0455. The van der Waals surface area contributed by atoms with E-state index in [9.17, 15) is 4.79 Å². The number of nitrogens with two attached hydrogens (primary N) is 1. The van der Waals surface area contributed by atoms with Crippen molar-refractivity contribution in [3.63, 3.8) is 0 Å². The molecule has 0 aromatic heterocycles. The molecule has 0 rings (SSSR count). The van der Waals surface area contributed by atoms with Crippen LogP contribution in [0, 0.1) is 11.3 Å². The van der Waals surface area contributed by atoms with Gasteiger partial charge in [-0.3, -0.25) is 4.79 Å². The lowest BCUT2D eigenvalue weighted by Gasteiger charge is -2.20. The van der Waals surface area contributed by atoms with E-state index in [1.807, 2.05) is 20.8 Å². The van der Waals surface area contributed by atoms with Crippen molar-refractivity contribution < 1.29 is 4.79 Å². The van der Waals surface area contributed by atoms with Gasteiger partial charge in [-0.2, -0.15) is 0 Å². The van der Waals surface area contributed by atoms with Crippen molar-refractivity contribution in [1.82, 2.24) is 0 Å². The first-order valence-electron chi connectivity index (χ1n) is 5.52. The number of ketones is 1. The van der Waals surface area contributed by atoms with Crippen LogP contribution in [0.25, 0.3) is 0 Å². The summed E-state index contributed by atoms with van der Waals surface area (Å²) >= 11 is 0. The van der Waals surface area contributed by atoms with Crippen molar-refractivity contribution in [2.75, 3.05) is 0 Å². The number of hydrogen-bond acceptors (Lipinski definition) is 2. The highest BCUT2D eigenvalue weighted by molar-refractivity contribution is 5.84. The molecule has 1 atom stereocenters. The average Bonchev–Trinajstić information content (AvgIpc) is 1.99. The summed E-state index contributed by atoms with van der Waals surface area (Å²) in [7, 11) is 0. The van der Waals surface area contributed by atoms with E-state index in [1.54, 1.807) is 0 Å². The first-order valence-corrected chi connectivity index (χ1v) is 5.52. The third-order valence-electron chi connectivity index (χ3n) is 2.40. The van der Waals surface area contributed by atoms with Gasteiger partial charge < -0.3 is 5.73 Å². The maximum absolute atomic E-state index is 11.6. The Morgan fingerprint density at radius 1 is 1.21 bits per heavy atom. The van der Waals surface area contributed by atoms with Crippen LogP contribution in [0.1, 0.15) is 53.9 Å². The van der Waals surface area contributed by atoms with Gasteiger partial charge in [0.1, 0.15) is 5.78 Å². The van der Waals surface area contributed by atoms with Gasteiger partial charge in [0.25, 0.3) is 0 Å². The van der Waals surface area contributed by atoms with Gasteiger partial charge in [0, 0.05) is 17.9 Å². The van der Waals surface area contributed by atoms with E-state index in [-0.39, 0.29) is 17.2 Å². The molecule has 84 valence electrons. The summed E-state index contributed by atoms with van der Waals surface area (Å²) in [5.74, 6) is 0.944. The van der Waals surface area contributed by atoms with Gasteiger partial charge in [0.2, 0.25) is 0 Å². The highest BCUT2D eigenvalue weighted by atomic mass is 16.1. The average molecular weight is 199 g/mol. The summed E-state index contributed by atoms with van der Waals surface area (Å²) in [5.41, 5.74) is 5.66. The normalized spacial score (nSPS) is 14.5. The molecule has 0 aromatic rings. The molecule has 0 heterocycles. The lowest BCUT2D eigenvalue weighted by Crippen LogP contribution is -2.30. The van der Waals surface area contributed by atoms with Crippen LogP contribution in [-0.4, -0.2) is 11.8 Å². The highest BCUT2D eigenvalue weighted by Crippen LogP contribution is 2.19. The fourth-order valence-electron chi connectivity index (χ4n) is 1.19. The summed E-state index contributed by atoms with van der Waals surface area (Å²) < 4.78 is 0. The van der Waals surface area contributed by atoms with Crippen LogP contribution in [0.4, 0.5) is 0 Å². The molecule has 0 aliphatic carbocycles. The highest BCUT2D eigenvalue weighted by Gasteiger charge is 2.22. The largest absolute Gasteiger partial charge is 0.327 e. The second-order valence-electron chi connectivity index (χ2n) is 5.61. The predicted octanol–water partition coefficient (Wildman–Crippen LogP) is 2.76. The van der Waals surface area contributed by atoms with Crippen molar-refractivity contribution in [2.24, 2.45) is 17.1 Å². The van der Waals surface area contributed by atoms with E-state index < -0.39 is 0 Å². The molecule has 14 heavy (non-hydrogen) atoms. The van der Waals surface area contributed by atoms with Crippen LogP contribution in [0.3, 0.4) is 0 Å². The Kier molecular flexibility index (Phi) is 5.35.